The molecule has 0 amide bonds. The van der Waals surface area contributed by atoms with Crippen LogP contribution in [0.2, 0.25) is 5.02 Å². The van der Waals surface area contributed by atoms with Crippen LogP contribution in [-0.4, -0.2) is 6.26 Å². The predicted molar refractivity (Wildman–Crippen MR) is 121 cm³/mol. The quantitative estimate of drug-likeness (QED) is 0.435. The van der Waals surface area contributed by atoms with Crippen molar-refractivity contribution in [3.8, 4) is 12.3 Å². The zero-order chi connectivity index (χ0) is 20.0. The van der Waals surface area contributed by atoms with Crippen LogP contribution in [0.4, 0.5) is 10.1 Å². The molecule has 0 fully saturated rings. The molecule has 0 heterocycles. The van der Waals surface area contributed by atoms with Gasteiger partial charge in [0, 0.05) is 16.3 Å². The van der Waals surface area contributed by atoms with Crippen LogP contribution in [0, 0.1) is 18.2 Å². The monoisotopic (exact) mass is 417 g/mol. The molecule has 1 nitrogen and oxygen atoms in total. The third-order valence-electron chi connectivity index (χ3n) is 4.06. The Morgan fingerprint density at radius 1 is 1.19 bits per heavy atom. The van der Waals surface area contributed by atoms with E-state index in [0.29, 0.717) is 11.6 Å². The van der Waals surface area contributed by atoms with Crippen molar-refractivity contribution in [2.24, 2.45) is 0 Å². The highest BCUT2D eigenvalue weighted by molar-refractivity contribution is 8.08. The van der Waals surface area contributed by atoms with Crippen molar-refractivity contribution < 1.29 is 4.39 Å². The fourth-order valence-electron chi connectivity index (χ4n) is 2.33. The van der Waals surface area contributed by atoms with Crippen LogP contribution >= 0.6 is 35.1 Å². The second kappa shape index (κ2) is 9.94. The first-order valence-electron chi connectivity index (χ1n) is 8.22. The highest BCUT2D eigenvalue weighted by atomic mass is 35.5. The van der Waals surface area contributed by atoms with Gasteiger partial charge in [-0.25, -0.2) is 4.39 Å². The van der Waals surface area contributed by atoms with E-state index in [1.165, 1.54) is 21.9 Å². The molecule has 0 atom stereocenters. The minimum atomic E-state index is -0.351. The number of rotatable bonds is 7. The van der Waals surface area contributed by atoms with Crippen LogP contribution in [0.5, 0.6) is 0 Å². The van der Waals surface area contributed by atoms with E-state index in [9.17, 15) is 4.39 Å². The highest BCUT2D eigenvalue weighted by Gasteiger charge is 2.15. The summed E-state index contributed by atoms with van der Waals surface area (Å²) in [4.78, 5) is 4.48. The van der Waals surface area contributed by atoms with Gasteiger partial charge in [-0.1, -0.05) is 41.9 Å². The maximum Gasteiger partial charge on any atom is 0.124 e. The Morgan fingerprint density at radius 3 is 2.41 bits per heavy atom. The standard InChI is InChI=1S/C22H21ClFNS2/c1-6-18-7-11-21(12-8-18)25(17(4)27-16(3)15(2)26-5)14-19-9-10-20(24)13-22(19)23/h1,7-13H,4,14H2,2-3,5H3/b16-15+. The Kier molecular flexibility index (Phi) is 7.91. The Morgan fingerprint density at radius 2 is 1.85 bits per heavy atom. The lowest BCUT2D eigenvalue weighted by Gasteiger charge is -2.27. The van der Waals surface area contributed by atoms with Gasteiger partial charge in [-0.3, -0.25) is 0 Å². The number of hydrogen-bond donors (Lipinski definition) is 0. The number of hydrogen-bond acceptors (Lipinski definition) is 3. The van der Waals surface area contributed by atoms with E-state index in [1.807, 2.05) is 24.3 Å². The summed E-state index contributed by atoms with van der Waals surface area (Å²) < 4.78 is 13.4. The van der Waals surface area contributed by atoms with Crippen LogP contribution in [0.3, 0.4) is 0 Å². The molecule has 0 radical (unpaired) electrons. The molecule has 2 rings (SSSR count). The molecule has 0 aliphatic rings. The fourth-order valence-corrected chi connectivity index (χ4v) is 4.00. The van der Waals surface area contributed by atoms with Crippen LogP contribution in [-0.2, 0) is 6.54 Å². The van der Waals surface area contributed by atoms with Gasteiger partial charge < -0.3 is 4.90 Å². The van der Waals surface area contributed by atoms with Crippen molar-refractivity contribution in [3.63, 3.8) is 0 Å². The van der Waals surface area contributed by atoms with Crippen molar-refractivity contribution in [3.05, 3.63) is 85.8 Å². The van der Waals surface area contributed by atoms with Crippen LogP contribution in [0.15, 0.2) is 63.9 Å². The van der Waals surface area contributed by atoms with Gasteiger partial charge in [0.1, 0.15) is 5.82 Å². The van der Waals surface area contributed by atoms with Gasteiger partial charge in [0.15, 0.2) is 0 Å². The SMILES string of the molecule is C#Cc1ccc(N(Cc2ccc(F)cc2Cl)C(=C)S/C(C)=C(\C)SC)cc1. The normalized spacial score (nSPS) is 11.6. The van der Waals surface area contributed by atoms with Gasteiger partial charge in [-0.15, -0.1) is 18.2 Å². The van der Waals surface area contributed by atoms with Gasteiger partial charge >= 0.3 is 0 Å². The second-order valence-corrected chi connectivity index (χ2v) is 8.54. The average Bonchev–Trinajstić information content (AvgIpc) is 2.66. The highest BCUT2D eigenvalue weighted by Crippen LogP contribution is 2.36. The maximum atomic E-state index is 13.4. The van der Waals surface area contributed by atoms with E-state index in [1.54, 1.807) is 29.6 Å². The molecule has 0 unspecified atom stereocenters. The molecule has 2 aromatic carbocycles. The van der Waals surface area contributed by atoms with Gasteiger partial charge in [-0.05, 0) is 71.9 Å². The molecule has 5 heteroatoms. The molecule has 0 aliphatic carbocycles. The summed E-state index contributed by atoms with van der Waals surface area (Å²) >= 11 is 9.57. The van der Waals surface area contributed by atoms with E-state index >= 15 is 0 Å². The lowest BCUT2D eigenvalue weighted by atomic mass is 10.1. The summed E-state index contributed by atoms with van der Waals surface area (Å²) in [5.41, 5.74) is 2.58. The minimum Gasteiger partial charge on any atom is -0.332 e. The smallest absolute Gasteiger partial charge is 0.124 e. The Balaban J connectivity index is 2.38. The van der Waals surface area contributed by atoms with E-state index in [2.05, 4.69) is 37.5 Å². The number of anilines is 1. The zero-order valence-corrected chi connectivity index (χ0v) is 17.9. The molecule has 140 valence electrons. The topological polar surface area (TPSA) is 3.24 Å². The second-order valence-electron chi connectivity index (χ2n) is 5.83. The Hall–Kier alpha value is -1.80. The third-order valence-corrected chi connectivity index (χ3v) is 6.53. The summed E-state index contributed by atoms with van der Waals surface area (Å²) in [5.74, 6) is 2.27. The minimum absolute atomic E-state index is 0.351. The summed E-state index contributed by atoms with van der Waals surface area (Å²) in [7, 11) is 0. The molecule has 0 aromatic heterocycles. The molecule has 2 aromatic rings. The first-order chi connectivity index (χ1) is 12.8. The number of allylic oxidation sites excluding steroid dienone is 2. The van der Waals surface area contributed by atoms with E-state index < -0.39 is 0 Å². The molecule has 0 spiro atoms. The van der Waals surface area contributed by atoms with Crippen molar-refractivity contribution in [2.45, 2.75) is 20.4 Å². The third kappa shape index (κ3) is 5.84. The van der Waals surface area contributed by atoms with Gasteiger partial charge in [0.2, 0.25) is 0 Å². The largest absolute Gasteiger partial charge is 0.332 e. The molecular weight excluding hydrogens is 397 g/mol. The molecular formula is C22H21ClFNS2. The van der Waals surface area contributed by atoms with E-state index in [4.69, 9.17) is 18.0 Å². The number of benzene rings is 2. The van der Waals surface area contributed by atoms with Crippen molar-refractivity contribution in [1.82, 2.24) is 0 Å². The van der Waals surface area contributed by atoms with E-state index in [-0.39, 0.29) is 5.82 Å². The zero-order valence-electron chi connectivity index (χ0n) is 15.6. The van der Waals surface area contributed by atoms with Crippen molar-refractivity contribution >= 4 is 40.8 Å². The first-order valence-corrected chi connectivity index (χ1v) is 10.6. The van der Waals surface area contributed by atoms with Crippen molar-refractivity contribution in [2.75, 3.05) is 11.2 Å². The summed E-state index contributed by atoms with van der Waals surface area (Å²) in [6.07, 6.45) is 7.51. The van der Waals surface area contributed by atoms with Crippen LogP contribution in [0.1, 0.15) is 25.0 Å². The number of terminal acetylenes is 1. The van der Waals surface area contributed by atoms with Gasteiger partial charge in [0.05, 0.1) is 11.6 Å². The Labute approximate surface area is 174 Å². The molecule has 27 heavy (non-hydrogen) atoms. The summed E-state index contributed by atoms with van der Waals surface area (Å²) in [5, 5.41) is 1.25. The first kappa shape index (κ1) is 21.5. The lowest BCUT2D eigenvalue weighted by molar-refractivity contribution is 0.627. The number of thioether (sulfide) groups is 2. The molecule has 0 bridgehead atoms. The van der Waals surface area contributed by atoms with Crippen LogP contribution < -0.4 is 4.90 Å². The predicted octanol–water partition coefficient (Wildman–Crippen LogP) is 7.29. The van der Waals surface area contributed by atoms with E-state index in [0.717, 1.165) is 21.8 Å². The molecule has 0 saturated carbocycles. The van der Waals surface area contributed by atoms with Gasteiger partial charge in [-0.2, -0.15) is 0 Å². The lowest BCUT2D eigenvalue weighted by Crippen LogP contribution is -2.20. The maximum absolute atomic E-state index is 13.4. The number of halogens is 2. The van der Waals surface area contributed by atoms with Gasteiger partial charge in [0.25, 0.3) is 0 Å². The fraction of sp³-hybridized carbons (Fsp3) is 0.182. The molecule has 0 saturated heterocycles. The summed E-state index contributed by atoms with van der Waals surface area (Å²) in [6.45, 7) is 8.90. The molecule has 0 N–H and O–H groups in total. The van der Waals surface area contributed by atoms with Crippen LogP contribution in [0.25, 0.3) is 0 Å². The molecule has 0 aliphatic heterocycles. The average molecular weight is 418 g/mol. The van der Waals surface area contributed by atoms with Crippen molar-refractivity contribution in [1.29, 1.82) is 0 Å². The number of nitrogens with zero attached hydrogens (tertiary/aromatic N) is 1. The Bertz CT molecular complexity index is 898. The summed E-state index contributed by atoms with van der Waals surface area (Å²) in [6, 6.07) is 12.1.